The molecule has 3 aromatic rings. The minimum Gasteiger partial charge on any atom is -0.322 e. The van der Waals surface area contributed by atoms with Gasteiger partial charge in [0.15, 0.2) is 0 Å². The smallest absolute Gasteiger partial charge is 0.269 e. The van der Waals surface area contributed by atoms with Gasteiger partial charge in [0, 0.05) is 27.6 Å². The van der Waals surface area contributed by atoms with Crippen LogP contribution in [0.15, 0.2) is 88.7 Å². The molecular formula is C19H14N2O3S. The van der Waals surface area contributed by atoms with Crippen molar-refractivity contribution in [2.45, 2.75) is 9.79 Å². The van der Waals surface area contributed by atoms with Gasteiger partial charge in [-0.3, -0.25) is 14.9 Å². The maximum absolute atomic E-state index is 12.6. The highest BCUT2D eigenvalue weighted by atomic mass is 32.2. The number of anilines is 1. The van der Waals surface area contributed by atoms with Crippen molar-refractivity contribution in [1.29, 1.82) is 0 Å². The molecule has 0 heterocycles. The van der Waals surface area contributed by atoms with Gasteiger partial charge in [0.2, 0.25) is 0 Å². The summed E-state index contributed by atoms with van der Waals surface area (Å²) in [5.41, 5.74) is 1.32. The van der Waals surface area contributed by atoms with Crippen LogP contribution in [0.1, 0.15) is 10.4 Å². The van der Waals surface area contributed by atoms with Crippen LogP contribution >= 0.6 is 11.8 Å². The number of carbonyl (C=O) groups is 1. The van der Waals surface area contributed by atoms with E-state index in [9.17, 15) is 14.9 Å². The number of para-hydroxylation sites is 1. The van der Waals surface area contributed by atoms with Gasteiger partial charge in [0.05, 0.1) is 10.5 Å². The summed E-state index contributed by atoms with van der Waals surface area (Å²) in [6, 6.07) is 22.8. The number of hydrogen-bond donors (Lipinski definition) is 1. The topological polar surface area (TPSA) is 72.2 Å². The fourth-order valence-corrected chi connectivity index (χ4v) is 3.17. The van der Waals surface area contributed by atoms with E-state index in [1.807, 2.05) is 42.5 Å². The number of benzene rings is 3. The zero-order chi connectivity index (χ0) is 17.6. The Morgan fingerprint density at radius 3 is 2.20 bits per heavy atom. The van der Waals surface area contributed by atoms with Crippen molar-refractivity contribution >= 4 is 29.0 Å². The minimum absolute atomic E-state index is 0.0412. The molecule has 0 aliphatic heterocycles. The molecule has 0 radical (unpaired) electrons. The van der Waals surface area contributed by atoms with E-state index in [4.69, 9.17) is 0 Å². The Morgan fingerprint density at radius 2 is 1.52 bits per heavy atom. The maximum Gasteiger partial charge on any atom is 0.269 e. The normalized spacial score (nSPS) is 10.2. The Balaban J connectivity index is 1.81. The average molecular weight is 350 g/mol. The van der Waals surface area contributed by atoms with Crippen LogP contribution in [0.3, 0.4) is 0 Å². The highest BCUT2D eigenvalue weighted by Gasteiger charge is 2.13. The van der Waals surface area contributed by atoms with E-state index in [0.717, 1.165) is 15.5 Å². The van der Waals surface area contributed by atoms with Gasteiger partial charge in [0.1, 0.15) is 0 Å². The van der Waals surface area contributed by atoms with Crippen LogP contribution in [0, 0.1) is 10.1 Å². The van der Waals surface area contributed by atoms with E-state index >= 15 is 0 Å². The number of nitro benzene ring substituents is 1. The number of nitro groups is 1. The van der Waals surface area contributed by atoms with Crippen molar-refractivity contribution < 1.29 is 9.72 Å². The molecule has 6 heteroatoms. The summed E-state index contributed by atoms with van der Waals surface area (Å²) in [7, 11) is 0. The second kappa shape index (κ2) is 7.63. The predicted octanol–water partition coefficient (Wildman–Crippen LogP) is 5.00. The number of hydrogen-bond acceptors (Lipinski definition) is 4. The molecule has 5 nitrogen and oxygen atoms in total. The van der Waals surface area contributed by atoms with Gasteiger partial charge in [0.25, 0.3) is 11.6 Å². The van der Waals surface area contributed by atoms with Crippen molar-refractivity contribution in [3.8, 4) is 0 Å². The van der Waals surface area contributed by atoms with Crippen LogP contribution in [-0.4, -0.2) is 10.8 Å². The fraction of sp³-hybridized carbons (Fsp3) is 0. The minimum atomic E-state index is -0.435. The molecule has 0 aromatic heterocycles. The quantitative estimate of drug-likeness (QED) is 0.519. The van der Waals surface area contributed by atoms with Gasteiger partial charge >= 0.3 is 0 Å². The van der Waals surface area contributed by atoms with E-state index in [0.29, 0.717) is 5.56 Å². The molecule has 1 N–H and O–H groups in total. The van der Waals surface area contributed by atoms with Crippen LogP contribution in [-0.2, 0) is 0 Å². The fourth-order valence-electron chi connectivity index (χ4n) is 2.23. The molecule has 0 atom stereocenters. The van der Waals surface area contributed by atoms with Gasteiger partial charge < -0.3 is 5.32 Å². The second-order valence-corrected chi connectivity index (χ2v) is 6.28. The lowest BCUT2D eigenvalue weighted by Gasteiger charge is -2.10. The molecule has 3 rings (SSSR count). The Hall–Kier alpha value is -3.12. The molecule has 3 aromatic carbocycles. The molecule has 0 saturated heterocycles. The number of rotatable bonds is 5. The molecule has 0 saturated carbocycles. The maximum atomic E-state index is 12.6. The lowest BCUT2D eigenvalue weighted by atomic mass is 10.2. The van der Waals surface area contributed by atoms with Crippen LogP contribution in [0.2, 0.25) is 0 Å². The SMILES string of the molecule is O=C(Nc1ccccc1)c1ccccc1Sc1ccc([N+](=O)[O-])cc1. The molecule has 0 aliphatic carbocycles. The first kappa shape index (κ1) is 16.7. The Bertz CT molecular complexity index is 896. The summed E-state index contributed by atoms with van der Waals surface area (Å²) in [4.78, 5) is 24.5. The number of non-ortho nitro benzene ring substituents is 1. The second-order valence-electron chi connectivity index (χ2n) is 5.17. The van der Waals surface area contributed by atoms with Gasteiger partial charge in [-0.05, 0) is 36.4 Å². The van der Waals surface area contributed by atoms with Crippen molar-refractivity contribution in [3.05, 3.63) is 94.5 Å². The van der Waals surface area contributed by atoms with Crippen molar-refractivity contribution in [1.82, 2.24) is 0 Å². The zero-order valence-corrected chi connectivity index (χ0v) is 13.9. The van der Waals surface area contributed by atoms with Crippen LogP contribution < -0.4 is 5.32 Å². The Kier molecular flexibility index (Phi) is 5.11. The highest BCUT2D eigenvalue weighted by Crippen LogP contribution is 2.31. The lowest BCUT2D eigenvalue weighted by Crippen LogP contribution is -2.12. The van der Waals surface area contributed by atoms with Gasteiger partial charge in [-0.25, -0.2) is 0 Å². The first-order valence-corrected chi connectivity index (χ1v) is 8.33. The summed E-state index contributed by atoms with van der Waals surface area (Å²) in [5.74, 6) is -0.198. The van der Waals surface area contributed by atoms with Crippen molar-refractivity contribution in [2.24, 2.45) is 0 Å². The van der Waals surface area contributed by atoms with Gasteiger partial charge in [-0.2, -0.15) is 0 Å². The highest BCUT2D eigenvalue weighted by molar-refractivity contribution is 7.99. The molecule has 25 heavy (non-hydrogen) atoms. The molecule has 124 valence electrons. The molecule has 1 amide bonds. The predicted molar refractivity (Wildman–Crippen MR) is 98.1 cm³/mol. The van der Waals surface area contributed by atoms with E-state index in [2.05, 4.69) is 5.32 Å². The average Bonchev–Trinajstić information content (AvgIpc) is 2.63. The molecular weight excluding hydrogens is 336 g/mol. The van der Waals surface area contributed by atoms with E-state index in [-0.39, 0.29) is 11.6 Å². The van der Waals surface area contributed by atoms with Crippen LogP contribution in [0.4, 0.5) is 11.4 Å². The summed E-state index contributed by atoms with van der Waals surface area (Å²) < 4.78 is 0. The molecule has 0 aliphatic rings. The zero-order valence-electron chi connectivity index (χ0n) is 13.1. The molecule has 0 fully saturated rings. The van der Waals surface area contributed by atoms with Crippen molar-refractivity contribution in [3.63, 3.8) is 0 Å². The Morgan fingerprint density at radius 1 is 0.880 bits per heavy atom. The van der Waals surface area contributed by atoms with Gasteiger partial charge in [-0.15, -0.1) is 0 Å². The molecule has 0 spiro atoms. The standard InChI is InChI=1S/C19H14N2O3S/c22-19(20-14-6-2-1-3-7-14)17-8-4-5-9-18(17)25-16-12-10-15(11-13-16)21(23)24/h1-13H,(H,20,22). The van der Waals surface area contributed by atoms with Gasteiger partial charge in [-0.1, -0.05) is 42.1 Å². The van der Waals surface area contributed by atoms with E-state index in [1.54, 1.807) is 24.3 Å². The third kappa shape index (κ3) is 4.24. The van der Waals surface area contributed by atoms with Crippen LogP contribution in [0.5, 0.6) is 0 Å². The number of amides is 1. The van der Waals surface area contributed by atoms with Crippen molar-refractivity contribution in [2.75, 3.05) is 5.32 Å². The third-order valence-corrected chi connectivity index (χ3v) is 4.52. The lowest BCUT2D eigenvalue weighted by molar-refractivity contribution is -0.384. The number of carbonyl (C=O) groups excluding carboxylic acids is 1. The Labute approximate surface area is 148 Å². The first-order valence-electron chi connectivity index (χ1n) is 7.51. The van der Waals surface area contributed by atoms with Crippen LogP contribution in [0.25, 0.3) is 0 Å². The third-order valence-electron chi connectivity index (χ3n) is 3.44. The number of nitrogens with zero attached hydrogens (tertiary/aromatic N) is 1. The first-order chi connectivity index (χ1) is 12.1. The summed E-state index contributed by atoms with van der Waals surface area (Å²) in [6.07, 6.45) is 0. The summed E-state index contributed by atoms with van der Waals surface area (Å²) >= 11 is 1.39. The monoisotopic (exact) mass is 350 g/mol. The molecule has 0 unspecified atom stereocenters. The number of nitrogens with one attached hydrogen (secondary N) is 1. The van der Waals surface area contributed by atoms with E-state index in [1.165, 1.54) is 23.9 Å². The van der Waals surface area contributed by atoms with E-state index < -0.39 is 4.92 Å². The largest absolute Gasteiger partial charge is 0.322 e. The molecule has 0 bridgehead atoms. The summed E-state index contributed by atoms with van der Waals surface area (Å²) in [5, 5.41) is 13.6. The summed E-state index contributed by atoms with van der Waals surface area (Å²) in [6.45, 7) is 0.